The van der Waals surface area contributed by atoms with E-state index >= 15 is 0 Å². The number of aliphatic hydroxyl groups is 1. The van der Waals surface area contributed by atoms with Crippen molar-refractivity contribution in [2.75, 3.05) is 6.61 Å². The lowest BCUT2D eigenvalue weighted by Gasteiger charge is -2.21. The lowest BCUT2D eigenvalue weighted by atomic mass is 10.0. The van der Waals surface area contributed by atoms with Crippen LogP contribution in [0.15, 0.2) is 22.9 Å². The summed E-state index contributed by atoms with van der Waals surface area (Å²) in [5, 5.41) is 10.0. The highest BCUT2D eigenvalue weighted by molar-refractivity contribution is 9.10. The van der Waals surface area contributed by atoms with E-state index < -0.39 is 6.10 Å². The molecule has 1 N–H and O–H groups in total. The van der Waals surface area contributed by atoms with Crippen molar-refractivity contribution in [1.29, 1.82) is 0 Å². The van der Waals surface area contributed by atoms with Gasteiger partial charge in [0.15, 0.2) is 0 Å². The molecule has 0 amide bonds. The average Bonchev–Trinajstić information content (AvgIpc) is 2.25. The van der Waals surface area contributed by atoms with E-state index in [2.05, 4.69) is 20.9 Å². The molecule has 1 heterocycles. The van der Waals surface area contributed by atoms with Crippen LogP contribution in [-0.2, 0) is 11.2 Å². The van der Waals surface area contributed by atoms with Crippen molar-refractivity contribution in [1.82, 2.24) is 4.98 Å². The first-order chi connectivity index (χ1) is 7.67. The molecule has 0 spiro atoms. The molecule has 0 saturated carbocycles. The first-order valence-corrected chi connectivity index (χ1v) is 6.35. The predicted octanol–water partition coefficient (Wildman–Crippen LogP) is 2.56. The fourth-order valence-electron chi connectivity index (χ4n) is 1.66. The van der Waals surface area contributed by atoms with Crippen molar-refractivity contribution >= 4 is 15.9 Å². The van der Waals surface area contributed by atoms with Gasteiger partial charge < -0.3 is 9.84 Å². The Labute approximate surface area is 105 Å². The molecule has 16 heavy (non-hydrogen) atoms. The molecule has 0 fully saturated rings. The fraction of sp³-hybridized carbons (Fsp3) is 0.583. The molecule has 1 aromatic rings. The van der Waals surface area contributed by atoms with Crippen LogP contribution in [0.1, 0.15) is 25.8 Å². The van der Waals surface area contributed by atoms with Crippen molar-refractivity contribution in [2.45, 2.75) is 38.9 Å². The minimum absolute atomic E-state index is 0.0935. The van der Waals surface area contributed by atoms with Crippen LogP contribution in [0.4, 0.5) is 0 Å². The second kappa shape index (κ2) is 6.99. The van der Waals surface area contributed by atoms with Crippen LogP contribution in [0.3, 0.4) is 0 Å². The molecule has 2 unspecified atom stereocenters. The highest BCUT2D eigenvalue weighted by Crippen LogP contribution is 2.14. The summed E-state index contributed by atoms with van der Waals surface area (Å²) < 4.78 is 6.41. The van der Waals surface area contributed by atoms with E-state index in [4.69, 9.17) is 4.74 Å². The van der Waals surface area contributed by atoms with Crippen LogP contribution >= 0.6 is 15.9 Å². The third-order valence-corrected chi connectivity index (χ3v) is 2.85. The van der Waals surface area contributed by atoms with E-state index in [1.54, 1.807) is 12.4 Å². The standard InChI is InChI=1S/C12H18BrNO2/c1-3-12(16-4-2)11(15)6-9-5-10(13)8-14-7-9/h5,7-8,11-12,15H,3-4,6H2,1-2H3. The van der Waals surface area contributed by atoms with Crippen molar-refractivity contribution in [3.63, 3.8) is 0 Å². The van der Waals surface area contributed by atoms with Crippen LogP contribution < -0.4 is 0 Å². The molecule has 0 aliphatic rings. The van der Waals surface area contributed by atoms with Gasteiger partial charge in [0.25, 0.3) is 0 Å². The second-order valence-electron chi connectivity index (χ2n) is 3.68. The van der Waals surface area contributed by atoms with E-state index in [9.17, 15) is 5.11 Å². The topological polar surface area (TPSA) is 42.4 Å². The molecule has 0 bridgehead atoms. The Morgan fingerprint density at radius 3 is 2.75 bits per heavy atom. The summed E-state index contributed by atoms with van der Waals surface area (Å²) in [6, 6.07) is 1.97. The highest BCUT2D eigenvalue weighted by Gasteiger charge is 2.17. The molecule has 4 heteroatoms. The number of aliphatic hydroxyl groups excluding tert-OH is 1. The van der Waals surface area contributed by atoms with Gasteiger partial charge in [0.1, 0.15) is 0 Å². The Morgan fingerprint density at radius 2 is 2.19 bits per heavy atom. The van der Waals surface area contributed by atoms with Gasteiger partial charge in [-0.15, -0.1) is 0 Å². The van der Waals surface area contributed by atoms with Gasteiger partial charge in [0.2, 0.25) is 0 Å². The molecule has 1 rings (SSSR count). The normalized spacial score (nSPS) is 14.8. The molecule has 2 atom stereocenters. The predicted molar refractivity (Wildman–Crippen MR) is 67.4 cm³/mol. The summed E-state index contributed by atoms with van der Waals surface area (Å²) >= 11 is 3.36. The number of ether oxygens (including phenoxy) is 1. The second-order valence-corrected chi connectivity index (χ2v) is 4.60. The van der Waals surface area contributed by atoms with Gasteiger partial charge in [-0.1, -0.05) is 6.92 Å². The zero-order chi connectivity index (χ0) is 12.0. The molecule has 0 aliphatic heterocycles. The number of aromatic nitrogens is 1. The van der Waals surface area contributed by atoms with Crippen LogP contribution in [-0.4, -0.2) is 28.9 Å². The van der Waals surface area contributed by atoms with Gasteiger partial charge >= 0.3 is 0 Å². The minimum Gasteiger partial charge on any atom is -0.390 e. The maximum atomic E-state index is 10.0. The van der Waals surface area contributed by atoms with Crippen LogP contribution in [0.2, 0.25) is 0 Å². The third-order valence-electron chi connectivity index (χ3n) is 2.42. The molecule has 0 saturated heterocycles. The lowest BCUT2D eigenvalue weighted by Crippen LogP contribution is -2.30. The Balaban J connectivity index is 2.58. The number of halogens is 1. The van der Waals surface area contributed by atoms with Gasteiger partial charge in [-0.3, -0.25) is 4.98 Å². The maximum absolute atomic E-state index is 10.0. The number of nitrogens with zero attached hydrogens (tertiary/aromatic N) is 1. The van der Waals surface area contributed by atoms with Gasteiger partial charge in [-0.05, 0) is 40.9 Å². The molecule has 0 aliphatic carbocycles. The molecule has 90 valence electrons. The Morgan fingerprint density at radius 1 is 1.44 bits per heavy atom. The minimum atomic E-state index is -0.471. The zero-order valence-electron chi connectivity index (χ0n) is 9.69. The van der Waals surface area contributed by atoms with E-state index in [0.29, 0.717) is 13.0 Å². The largest absolute Gasteiger partial charge is 0.390 e. The van der Waals surface area contributed by atoms with E-state index in [1.165, 1.54) is 0 Å². The van der Waals surface area contributed by atoms with Crippen LogP contribution in [0, 0.1) is 0 Å². The van der Waals surface area contributed by atoms with Gasteiger partial charge in [-0.25, -0.2) is 0 Å². The number of rotatable bonds is 6. The van der Waals surface area contributed by atoms with Crippen molar-refractivity contribution in [3.05, 3.63) is 28.5 Å². The van der Waals surface area contributed by atoms with E-state index in [-0.39, 0.29) is 6.10 Å². The quantitative estimate of drug-likeness (QED) is 0.874. The van der Waals surface area contributed by atoms with Crippen molar-refractivity contribution in [3.8, 4) is 0 Å². The monoisotopic (exact) mass is 287 g/mol. The smallest absolute Gasteiger partial charge is 0.0842 e. The molecule has 3 nitrogen and oxygen atoms in total. The van der Waals surface area contributed by atoms with Crippen molar-refractivity contribution < 1.29 is 9.84 Å². The van der Waals surface area contributed by atoms with Gasteiger partial charge in [-0.2, -0.15) is 0 Å². The first kappa shape index (κ1) is 13.6. The molecular weight excluding hydrogens is 270 g/mol. The molecule has 0 aromatic carbocycles. The summed E-state index contributed by atoms with van der Waals surface area (Å²) in [7, 11) is 0. The SMILES string of the molecule is CCOC(CC)C(O)Cc1cncc(Br)c1. The summed E-state index contributed by atoms with van der Waals surface area (Å²) in [5.74, 6) is 0. The Kier molecular flexibility index (Phi) is 5.95. The fourth-order valence-corrected chi connectivity index (χ4v) is 2.07. The lowest BCUT2D eigenvalue weighted by molar-refractivity contribution is -0.0335. The maximum Gasteiger partial charge on any atom is 0.0842 e. The Hall–Kier alpha value is -0.450. The number of hydrogen-bond acceptors (Lipinski definition) is 3. The zero-order valence-corrected chi connectivity index (χ0v) is 11.3. The summed E-state index contributed by atoms with van der Waals surface area (Å²) in [6.07, 6.45) is 4.33. The Bertz CT molecular complexity index is 320. The first-order valence-electron chi connectivity index (χ1n) is 5.56. The van der Waals surface area contributed by atoms with Crippen molar-refractivity contribution in [2.24, 2.45) is 0 Å². The number of hydrogen-bond donors (Lipinski definition) is 1. The van der Waals surface area contributed by atoms with Crippen LogP contribution in [0.25, 0.3) is 0 Å². The highest BCUT2D eigenvalue weighted by atomic mass is 79.9. The van der Waals surface area contributed by atoms with Gasteiger partial charge in [0, 0.05) is 29.9 Å². The molecular formula is C12H18BrNO2. The third kappa shape index (κ3) is 4.20. The van der Waals surface area contributed by atoms with E-state index in [0.717, 1.165) is 16.5 Å². The number of pyridine rings is 1. The molecule has 0 radical (unpaired) electrons. The summed E-state index contributed by atoms with van der Waals surface area (Å²) in [4.78, 5) is 4.07. The van der Waals surface area contributed by atoms with E-state index in [1.807, 2.05) is 19.9 Å². The average molecular weight is 288 g/mol. The summed E-state index contributed by atoms with van der Waals surface area (Å²) in [5.41, 5.74) is 1.01. The van der Waals surface area contributed by atoms with Gasteiger partial charge in [0.05, 0.1) is 12.2 Å². The van der Waals surface area contributed by atoms with Crippen LogP contribution in [0.5, 0.6) is 0 Å². The summed E-state index contributed by atoms with van der Waals surface area (Å²) in [6.45, 7) is 4.59. The molecule has 1 aromatic heterocycles.